The van der Waals surface area contributed by atoms with Crippen molar-refractivity contribution < 1.29 is 9.72 Å². The van der Waals surface area contributed by atoms with Crippen LogP contribution < -0.4 is 5.32 Å². The fourth-order valence-corrected chi connectivity index (χ4v) is 4.14. The molecule has 1 N–H and O–H groups in total. The van der Waals surface area contributed by atoms with E-state index in [-0.39, 0.29) is 17.6 Å². The Hall–Kier alpha value is -2.25. The third kappa shape index (κ3) is 4.47. The highest BCUT2D eigenvalue weighted by Gasteiger charge is 2.26. The van der Waals surface area contributed by atoms with Gasteiger partial charge in [-0.05, 0) is 49.4 Å². The Morgan fingerprint density at radius 1 is 1.35 bits per heavy atom. The topological polar surface area (TPSA) is 75.5 Å². The molecule has 2 aromatic rings. The summed E-state index contributed by atoms with van der Waals surface area (Å²) >= 11 is 1.70. The molecule has 1 atom stereocenters. The minimum atomic E-state index is -0.486. The summed E-state index contributed by atoms with van der Waals surface area (Å²) in [7, 11) is 0. The average Bonchev–Trinajstić information content (AvgIpc) is 3.17. The molecule has 7 heteroatoms. The van der Waals surface area contributed by atoms with Crippen molar-refractivity contribution in [1.82, 2.24) is 10.2 Å². The first kappa shape index (κ1) is 18.5. The maximum Gasteiger partial charge on any atom is 0.270 e. The Kier molecular flexibility index (Phi) is 6.00. The zero-order valence-corrected chi connectivity index (χ0v) is 15.6. The lowest BCUT2D eigenvalue weighted by Gasteiger charge is -2.36. The van der Waals surface area contributed by atoms with E-state index in [1.54, 1.807) is 17.4 Å². The van der Waals surface area contributed by atoms with E-state index in [0.717, 1.165) is 19.0 Å². The zero-order valence-electron chi connectivity index (χ0n) is 14.8. The molecule has 3 rings (SSSR count). The maximum absolute atomic E-state index is 12.5. The van der Waals surface area contributed by atoms with Crippen LogP contribution >= 0.6 is 11.3 Å². The van der Waals surface area contributed by atoms with Crippen molar-refractivity contribution in [2.45, 2.75) is 25.8 Å². The number of nitro benzene ring substituents is 1. The van der Waals surface area contributed by atoms with Crippen molar-refractivity contribution in [3.63, 3.8) is 0 Å². The quantitative estimate of drug-likeness (QED) is 0.616. The van der Waals surface area contributed by atoms with Crippen molar-refractivity contribution in [1.29, 1.82) is 0 Å². The molecular weight excluding hydrogens is 350 g/mol. The molecule has 1 aliphatic rings. The number of carbonyl (C=O) groups excluding carboxylic acids is 1. The Labute approximate surface area is 157 Å². The van der Waals surface area contributed by atoms with Gasteiger partial charge in [-0.1, -0.05) is 19.1 Å². The fourth-order valence-electron chi connectivity index (χ4n) is 3.28. The molecule has 1 amide bonds. The third-order valence-corrected chi connectivity index (χ3v) is 5.88. The minimum absolute atomic E-state index is 0.0718. The average molecular weight is 373 g/mol. The van der Waals surface area contributed by atoms with Crippen LogP contribution in [0.1, 0.15) is 41.0 Å². The lowest BCUT2D eigenvalue weighted by Crippen LogP contribution is -2.41. The molecule has 1 fully saturated rings. The van der Waals surface area contributed by atoms with Crippen LogP contribution in [0.2, 0.25) is 0 Å². The number of carbonyl (C=O) groups is 1. The number of thiophene rings is 1. The van der Waals surface area contributed by atoms with E-state index in [1.807, 2.05) is 6.07 Å². The molecule has 0 bridgehead atoms. The van der Waals surface area contributed by atoms with E-state index in [1.165, 1.54) is 35.9 Å². The van der Waals surface area contributed by atoms with Gasteiger partial charge < -0.3 is 5.32 Å². The van der Waals surface area contributed by atoms with Crippen molar-refractivity contribution in [2.24, 2.45) is 5.92 Å². The lowest BCUT2D eigenvalue weighted by atomic mass is 9.97. The van der Waals surface area contributed by atoms with E-state index in [0.29, 0.717) is 12.1 Å². The first-order valence-electron chi connectivity index (χ1n) is 8.84. The highest BCUT2D eigenvalue weighted by atomic mass is 32.1. The molecule has 1 aromatic heterocycles. The predicted octanol–water partition coefficient (Wildman–Crippen LogP) is 3.86. The number of rotatable bonds is 6. The zero-order chi connectivity index (χ0) is 18.5. The van der Waals surface area contributed by atoms with E-state index >= 15 is 0 Å². The number of nitrogens with zero attached hydrogens (tertiary/aromatic N) is 2. The second-order valence-corrected chi connectivity index (χ2v) is 7.75. The molecule has 138 valence electrons. The predicted molar refractivity (Wildman–Crippen MR) is 102 cm³/mol. The number of amides is 1. The van der Waals surface area contributed by atoms with Gasteiger partial charge in [0.2, 0.25) is 0 Å². The molecule has 1 aliphatic heterocycles. The number of hydrogen-bond donors (Lipinski definition) is 1. The van der Waals surface area contributed by atoms with Crippen LogP contribution in [0.4, 0.5) is 5.69 Å². The minimum Gasteiger partial charge on any atom is -0.350 e. The molecule has 1 aromatic carbocycles. The summed E-state index contributed by atoms with van der Waals surface area (Å²) in [5, 5.41) is 15.9. The van der Waals surface area contributed by atoms with Crippen LogP contribution in [0.3, 0.4) is 0 Å². The largest absolute Gasteiger partial charge is 0.350 e. The standard InChI is InChI=1S/C19H23N3O3S/c1-14-7-9-21(10-8-14)17(18-6-3-11-26-18)13-20-19(23)15-4-2-5-16(12-15)22(24)25/h2-6,11-12,14,17H,7-10,13H2,1H3,(H,20,23). The lowest BCUT2D eigenvalue weighted by molar-refractivity contribution is -0.384. The summed E-state index contributed by atoms with van der Waals surface area (Å²) in [6.07, 6.45) is 2.33. The van der Waals surface area contributed by atoms with Gasteiger partial charge in [-0.15, -0.1) is 11.3 Å². The molecule has 0 radical (unpaired) electrons. The number of non-ortho nitro benzene ring substituents is 1. The highest BCUT2D eigenvalue weighted by Crippen LogP contribution is 2.29. The smallest absolute Gasteiger partial charge is 0.270 e. The summed E-state index contributed by atoms with van der Waals surface area (Å²) in [5.41, 5.74) is 0.244. The van der Waals surface area contributed by atoms with Crippen LogP contribution in [-0.2, 0) is 0 Å². The van der Waals surface area contributed by atoms with Gasteiger partial charge in [-0.3, -0.25) is 19.8 Å². The van der Waals surface area contributed by atoms with Crippen LogP contribution in [-0.4, -0.2) is 35.4 Å². The number of benzene rings is 1. The van der Waals surface area contributed by atoms with E-state index in [4.69, 9.17) is 0 Å². The highest BCUT2D eigenvalue weighted by molar-refractivity contribution is 7.10. The summed E-state index contributed by atoms with van der Waals surface area (Å²) in [4.78, 5) is 26.6. The molecule has 1 unspecified atom stereocenters. The van der Waals surface area contributed by atoms with Gasteiger partial charge in [0.1, 0.15) is 0 Å². The van der Waals surface area contributed by atoms with Gasteiger partial charge >= 0.3 is 0 Å². The molecule has 0 aliphatic carbocycles. The monoisotopic (exact) mass is 373 g/mol. The van der Waals surface area contributed by atoms with E-state index in [2.05, 4.69) is 28.6 Å². The SMILES string of the molecule is CC1CCN(C(CNC(=O)c2cccc([N+](=O)[O-])c2)c2cccs2)CC1. The van der Waals surface area contributed by atoms with Crippen molar-refractivity contribution in [3.8, 4) is 0 Å². The molecule has 1 saturated heterocycles. The van der Waals surface area contributed by atoms with Gasteiger partial charge in [0.05, 0.1) is 11.0 Å². The number of hydrogen-bond acceptors (Lipinski definition) is 5. The molecule has 6 nitrogen and oxygen atoms in total. The van der Waals surface area contributed by atoms with Crippen molar-refractivity contribution in [3.05, 3.63) is 62.3 Å². The third-order valence-electron chi connectivity index (χ3n) is 4.91. The van der Waals surface area contributed by atoms with Gasteiger partial charge in [0, 0.05) is 29.1 Å². The molecule has 2 heterocycles. The summed E-state index contributed by atoms with van der Waals surface area (Å²) in [5.74, 6) is 0.468. The second-order valence-electron chi connectivity index (χ2n) is 6.77. The molecule has 0 saturated carbocycles. The summed E-state index contributed by atoms with van der Waals surface area (Å²) in [6.45, 7) is 4.82. The normalized spacial score (nSPS) is 17.0. The van der Waals surface area contributed by atoms with Crippen LogP contribution in [0.25, 0.3) is 0 Å². The first-order valence-corrected chi connectivity index (χ1v) is 9.72. The second kappa shape index (κ2) is 8.42. The van der Waals surface area contributed by atoms with Gasteiger partial charge in [0.25, 0.3) is 11.6 Å². The number of nitrogens with one attached hydrogen (secondary N) is 1. The van der Waals surface area contributed by atoms with Crippen molar-refractivity contribution >= 4 is 22.9 Å². The molecule has 0 spiro atoms. The van der Waals surface area contributed by atoms with Crippen molar-refractivity contribution in [2.75, 3.05) is 19.6 Å². The first-order chi connectivity index (χ1) is 12.5. The molecule has 26 heavy (non-hydrogen) atoms. The fraction of sp³-hybridized carbons (Fsp3) is 0.421. The van der Waals surface area contributed by atoms with E-state index in [9.17, 15) is 14.9 Å². The number of piperidine rings is 1. The molecular formula is C19H23N3O3S. The van der Waals surface area contributed by atoms with Gasteiger partial charge in [-0.25, -0.2) is 0 Å². The number of nitro groups is 1. The van der Waals surface area contributed by atoms with Crippen LogP contribution in [0.15, 0.2) is 41.8 Å². The Balaban J connectivity index is 1.68. The summed E-state index contributed by atoms with van der Waals surface area (Å²) in [6, 6.07) is 10.1. The number of likely N-dealkylation sites (tertiary alicyclic amines) is 1. The Bertz CT molecular complexity index is 755. The van der Waals surface area contributed by atoms with Gasteiger partial charge in [0.15, 0.2) is 0 Å². The van der Waals surface area contributed by atoms with E-state index < -0.39 is 4.92 Å². The maximum atomic E-state index is 12.5. The van der Waals surface area contributed by atoms with Gasteiger partial charge in [-0.2, -0.15) is 0 Å². The van der Waals surface area contributed by atoms with Crippen LogP contribution in [0.5, 0.6) is 0 Å². The Morgan fingerprint density at radius 2 is 2.12 bits per heavy atom. The summed E-state index contributed by atoms with van der Waals surface area (Å²) < 4.78 is 0. The Morgan fingerprint density at radius 3 is 2.77 bits per heavy atom. The van der Waals surface area contributed by atoms with Crippen LogP contribution in [0, 0.1) is 16.0 Å².